The number of alkyl halides is 3. The Kier molecular flexibility index (Phi) is 4.36. The van der Waals surface area contributed by atoms with Gasteiger partial charge in [0.1, 0.15) is 6.61 Å². The zero-order valence-electron chi connectivity index (χ0n) is 8.35. The van der Waals surface area contributed by atoms with Gasteiger partial charge in [0.2, 0.25) is 0 Å². The fourth-order valence-corrected chi connectivity index (χ4v) is 1.54. The van der Waals surface area contributed by atoms with Crippen molar-refractivity contribution in [1.82, 2.24) is 0 Å². The fraction of sp³-hybridized carbons (Fsp3) is 1.00. The third kappa shape index (κ3) is 4.36. The summed E-state index contributed by atoms with van der Waals surface area (Å²) in [4.78, 5) is 0. The number of halogens is 3. The summed E-state index contributed by atoms with van der Waals surface area (Å²) in [6.45, 7) is -0.540. The molecular formula is C9H15F3O3. The van der Waals surface area contributed by atoms with Crippen LogP contribution < -0.4 is 0 Å². The van der Waals surface area contributed by atoms with Crippen LogP contribution in [0.1, 0.15) is 12.8 Å². The topological polar surface area (TPSA) is 38.7 Å². The lowest BCUT2D eigenvalue weighted by molar-refractivity contribution is -0.186. The van der Waals surface area contributed by atoms with Crippen LogP contribution in [0.5, 0.6) is 0 Å². The Morgan fingerprint density at radius 2 is 1.87 bits per heavy atom. The van der Waals surface area contributed by atoms with Gasteiger partial charge in [0.15, 0.2) is 0 Å². The van der Waals surface area contributed by atoms with E-state index in [9.17, 15) is 13.2 Å². The molecule has 1 saturated heterocycles. The quantitative estimate of drug-likeness (QED) is 0.789. The molecule has 0 radical (unpaired) electrons. The zero-order chi connectivity index (χ0) is 11.4. The summed E-state index contributed by atoms with van der Waals surface area (Å²) in [5.41, 5.74) is -0.552. The molecule has 0 saturated carbocycles. The molecule has 0 aromatic rings. The second kappa shape index (κ2) is 5.14. The Labute approximate surface area is 86.2 Å². The normalized spacial score (nSPS) is 21.6. The molecule has 0 bridgehead atoms. The third-order valence-electron chi connectivity index (χ3n) is 2.56. The Morgan fingerprint density at radius 3 is 2.33 bits per heavy atom. The molecule has 90 valence electrons. The number of rotatable bonds is 4. The van der Waals surface area contributed by atoms with Crippen LogP contribution >= 0.6 is 0 Å². The van der Waals surface area contributed by atoms with E-state index >= 15 is 0 Å². The lowest BCUT2D eigenvalue weighted by Gasteiger charge is -2.35. The molecule has 0 amide bonds. The maximum Gasteiger partial charge on any atom is 0.411 e. The van der Waals surface area contributed by atoms with Crippen LogP contribution in [0, 0.1) is 5.41 Å². The first-order chi connectivity index (χ1) is 6.97. The van der Waals surface area contributed by atoms with Gasteiger partial charge in [-0.1, -0.05) is 0 Å². The summed E-state index contributed by atoms with van der Waals surface area (Å²) in [6, 6.07) is 0. The van der Waals surface area contributed by atoms with Crippen molar-refractivity contribution in [2.45, 2.75) is 19.0 Å². The molecule has 6 heteroatoms. The summed E-state index contributed by atoms with van der Waals surface area (Å²) in [7, 11) is 0. The van der Waals surface area contributed by atoms with Crippen molar-refractivity contribution in [2.75, 3.05) is 33.0 Å². The van der Waals surface area contributed by atoms with Gasteiger partial charge in [0.25, 0.3) is 0 Å². The highest BCUT2D eigenvalue weighted by atomic mass is 19.4. The fourth-order valence-electron chi connectivity index (χ4n) is 1.54. The number of hydrogen-bond acceptors (Lipinski definition) is 3. The summed E-state index contributed by atoms with van der Waals surface area (Å²) in [5.74, 6) is 0. The van der Waals surface area contributed by atoms with E-state index in [1.54, 1.807) is 0 Å². The second-order valence-corrected chi connectivity index (χ2v) is 3.88. The van der Waals surface area contributed by atoms with E-state index in [1.165, 1.54) is 0 Å². The van der Waals surface area contributed by atoms with E-state index < -0.39 is 18.2 Å². The van der Waals surface area contributed by atoms with Crippen LogP contribution in [0.2, 0.25) is 0 Å². The Hall–Kier alpha value is -0.330. The molecule has 1 fully saturated rings. The molecule has 0 aliphatic carbocycles. The highest BCUT2D eigenvalue weighted by Crippen LogP contribution is 2.30. The molecule has 0 atom stereocenters. The van der Waals surface area contributed by atoms with E-state index in [1.807, 2.05) is 0 Å². The van der Waals surface area contributed by atoms with Crippen molar-refractivity contribution in [3.63, 3.8) is 0 Å². The Bertz CT molecular complexity index is 188. The zero-order valence-corrected chi connectivity index (χ0v) is 8.35. The minimum atomic E-state index is -4.30. The lowest BCUT2D eigenvalue weighted by atomic mass is 9.82. The molecule has 1 rings (SSSR count). The summed E-state index contributed by atoms with van der Waals surface area (Å²) >= 11 is 0. The molecule has 1 heterocycles. The molecular weight excluding hydrogens is 213 g/mol. The van der Waals surface area contributed by atoms with Crippen LogP contribution in [0.15, 0.2) is 0 Å². The summed E-state index contributed by atoms with van der Waals surface area (Å²) in [5, 5.41) is 9.15. The standard InChI is InChI=1S/C9H15F3O3/c10-9(11,12)7-15-6-8(5-13)1-3-14-4-2-8/h13H,1-7H2. The van der Waals surface area contributed by atoms with Gasteiger partial charge in [-0.15, -0.1) is 0 Å². The van der Waals surface area contributed by atoms with Crippen molar-refractivity contribution in [3.05, 3.63) is 0 Å². The molecule has 15 heavy (non-hydrogen) atoms. The van der Waals surface area contributed by atoms with E-state index in [-0.39, 0.29) is 13.2 Å². The highest BCUT2D eigenvalue weighted by molar-refractivity contribution is 4.81. The number of ether oxygens (including phenoxy) is 2. The second-order valence-electron chi connectivity index (χ2n) is 3.88. The predicted molar refractivity (Wildman–Crippen MR) is 46.4 cm³/mol. The minimum Gasteiger partial charge on any atom is -0.396 e. The minimum absolute atomic E-state index is 0.0631. The van der Waals surface area contributed by atoms with Crippen LogP contribution in [-0.4, -0.2) is 44.3 Å². The van der Waals surface area contributed by atoms with Crippen LogP contribution in [0.25, 0.3) is 0 Å². The molecule has 1 aliphatic heterocycles. The monoisotopic (exact) mass is 228 g/mol. The lowest BCUT2D eigenvalue weighted by Crippen LogP contribution is -2.38. The Balaban J connectivity index is 2.33. The van der Waals surface area contributed by atoms with Crippen LogP contribution in [0.3, 0.4) is 0 Å². The smallest absolute Gasteiger partial charge is 0.396 e. The van der Waals surface area contributed by atoms with E-state index in [0.29, 0.717) is 26.1 Å². The first kappa shape index (κ1) is 12.7. The number of aliphatic hydroxyl groups is 1. The molecule has 1 aliphatic rings. The largest absolute Gasteiger partial charge is 0.411 e. The average Bonchev–Trinajstić information content (AvgIpc) is 2.17. The van der Waals surface area contributed by atoms with E-state index in [0.717, 1.165) is 0 Å². The third-order valence-corrected chi connectivity index (χ3v) is 2.56. The van der Waals surface area contributed by atoms with Gasteiger partial charge in [-0.05, 0) is 12.8 Å². The van der Waals surface area contributed by atoms with Gasteiger partial charge < -0.3 is 14.6 Å². The van der Waals surface area contributed by atoms with Crippen molar-refractivity contribution >= 4 is 0 Å². The molecule has 3 nitrogen and oxygen atoms in total. The predicted octanol–water partition coefficient (Wildman–Crippen LogP) is 1.35. The van der Waals surface area contributed by atoms with Gasteiger partial charge in [0.05, 0.1) is 13.2 Å². The maximum atomic E-state index is 11.8. The van der Waals surface area contributed by atoms with Gasteiger partial charge in [0, 0.05) is 18.6 Å². The van der Waals surface area contributed by atoms with Crippen molar-refractivity contribution in [2.24, 2.45) is 5.41 Å². The number of hydrogen-bond donors (Lipinski definition) is 1. The molecule has 0 unspecified atom stereocenters. The molecule has 1 N–H and O–H groups in total. The van der Waals surface area contributed by atoms with Crippen molar-refractivity contribution in [1.29, 1.82) is 0 Å². The molecule has 0 aromatic heterocycles. The highest BCUT2D eigenvalue weighted by Gasteiger charge is 2.34. The van der Waals surface area contributed by atoms with Gasteiger partial charge >= 0.3 is 6.18 Å². The van der Waals surface area contributed by atoms with Gasteiger partial charge in [-0.2, -0.15) is 13.2 Å². The average molecular weight is 228 g/mol. The summed E-state index contributed by atoms with van der Waals surface area (Å²) in [6.07, 6.45) is -3.22. The molecule has 0 aromatic carbocycles. The SMILES string of the molecule is OCC1(COCC(F)(F)F)CCOCC1. The van der Waals surface area contributed by atoms with Gasteiger partial charge in [-0.3, -0.25) is 0 Å². The van der Waals surface area contributed by atoms with Crippen molar-refractivity contribution < 1.29 is 27.8 Å². The van der Waals surface area contributed by atoms with Crippen molar-refractivity contribution in [3.8, 4) is 0 Å². The first-order valence-corrected chi connectivity index (χ1v) is 4.81. The molecule has 0 spiro atoms. The van der Waals surface area contributed by atoms with Crippen LogP contribution in [-0.2, 0) is 9.47 Å². The maximum absolute atomic E-state index is 11.8. The van der Waals surface area contributed by atoms with E-state index in [4.69, 9.17) is 9.84 Å². The first-order valence-electron chi connectivity index (χ1n) is 4.81. The number of aliphatic hydroxyl groups excluding tert-OH is 1. The Morgan fingerprint density at radius 1 is 1.27 bits per heavy atom. The van der Waals surface area contributed by atoms with Crippen LogP contribution in [0.4, 0.5) is 13.2 Å². The van der Waals surface area contributed by atoms with E-state index in [2.05, 4.69) is 4.74 Å². The summed E-state index contributed by atoms with van der Waals surface area (Å²) < 4.78 is 45.2. The van der Waals surface area contributed by atoms with Gasteiger partial charge in [-0.25, -0.2) is 0 Å².